The predicted molar refractivity (Wildman–Crippen MR) is 94.0 cm³/mol. The highest BCUT2D eigenvalue weighted by Gasteiger charge is 2.17. The fraction of sp³-hybridized carbons (Fsp3) is 0.350. The summed E-state index contributed by atoms with van der Waals surface area (Å²) in [5, 5.41) is 0. The van der Waals surface area contributed by atoms with E-state index in [0.29, 0.717) is 13.0 Å². The van der Waals surface area contributed by atoms with E-state index in [1.54, 1.807) is 0 Å². The lowest BCUT2D eigenvalue weighted by atomic mass is 9.95. The quantitative estimate of drug-likeness (QED) is 0.791. The second kappa shape index (κ2) is 8.49. The molecule has 2 N–H and O–H groups in total. The van der Waals surface area contributed by atoms with Crippen molar-refractivity contribution in [3.8, 4) is 11.1 Å². The van der Waals surface area contributed by atoms with Crippen LogP contribution < -0.4 is 5.73 Å². The Kier molecular flexibility index (Phi) is 6.36. The SMILES string of the molecule is CCOC(=O)[C@@H](C)CC(N)Cc1ccc(-c2ccccc2)cc1. The first-order valence-corrected chi connectivity index (χ1v) is 8.16. The third-order valence-electron chi connectivity index (χ3n) is 3.90. The summed E-state index contributed by atoms with van der Waals surface area (Å²) in [5.74, 6) is -0.323. The fourth-order valence-electron chi connectivity index (χ4n) is 2.68. The molecule has 0 aliphatic carbocycles. The van der Waals surface area contributed by atoms with Crippen LogP contribution in [0.3, 0.4) is 0 Å². The molecule has 3 heteroatoms. The summed E-state index contributed by atoms with van der Waals surface area (Å²) in [6, 6.07) is 18.7. The van der Waals surface area contributed by atoms with Crippen molar-refractivity contribution in [3.05, 3.63) is 60.2 Å². The zero-order valence-electron chi connectivity index (χ0n) is 13.9. The lowest BCUT2D eigenvalue weighted by molar-refractivity contribution is -0.147. The number of ether oxygens (including phenoxy) is 1. The first-order valence-electron chi connectivity index (χ1n) is 8.16. The van der Waals surface area contributed by atoms with Crippen LogP contribution in [0, 0.1) is 5.92 Å². The minimum atomic E-state index is -0.164. The van der Waals surface area contributed by atoms with Crippen LogP contribution in [0.25, 0.3) is 11.1 Å². The highest BCUT2D eigenvalue weighted by atomic mass is 16.5. The molecule has 0 saturated heterocycles. The van der Waals surface area contributed by atoms with Crippen LogP contribution in [0.5, 0.6) is 0 Å². The standard InChI is InChI=1S/C20H25NO2/c1-3-23-20(22)15(2)13-19(21)14-16-9-11-18(12-10-16)17-7-5-4-6-8-17/h4-12,15,19H,3,13-14,21H2,1-2H3/t15-,19?/m0/s1. The zero-order chi connectivity index (χ0) is 16.7. The summed E-state index contributed by atoms with van der Waals surface area (Å²) in [7, 11) is 0. The summed E-state index contributed by atoms with van der Waals surface area (Å²) >= 11 is 0. The number of esters is 1. The van der Waals surface area contributed by atoms with E-state index in [1.165, 1.54) is 16.7 Å². The van der Waals surface area contributed by atoms with Crippen molar-refractivity contribution in [2.24, 2.45) is 11.7 Å². The Morgan fingerprint density at radius 3 is 2.26 bits per heavy atom. The molecule has 0 aliphatic rings. The third kappa shape index (κ3) is 5.22. The summed E-state index contributed by atoms with van der Waals surface area (Å²) in [4.78, 5) is 11.7. The highest BCUT2D eigenvalue weighted by Crippen LogP contribution is 2.20. The maximum atomic E-state index is 11.7. The normalized spacial score (nSPS) is 13.3. The molecule has 0 saturated carbocycles. The van der Waals surface area contributed by atoms with E-state index in [1.807, 2.05) is 32.0 Å². The molecular weight excluding hydrogens is 286 g/mol. The molecule has 122 valence electrons. The van der Waals surface area contributed by atoms with Gasteiger partial charge in [-0.05, 0) is 36.5 Å². The molecule has 2 atom stereocenters. The van der Waals surface area contributed by atoms with Gasteiger partial charge in [0.15, 0.2) is 0 Å². The number of rotatable bonds is 7. The number of carbonyl (C=O) groups is 1. The number of hydrogen-bond donors (Lipinski definition) is 1. The van der Waals surface area contributed by atoms with Crippen LogP contribution in [0.2, 0.25) is 0 Å². The van der Waals surface area contributed by atoms with Gasteiger partial charge in [0.1, 0.15) is 0 Å². The van der Waals surface area contributed by atoms with Gasteiger partial charge in [-0.25, -0.2) is 0 Å². The van der Waals surface area contributed by atoms with Crippen LogP contribution >= 0.6 is 0 Å². The lowest BCUT2D eigenvalue weighted by Crippen LogP contribution is -2.29. The van der Waals surface area contributed by atoms with E-state index in [-0.39, 0.29) is 17.9 Å². The fourth-order valence-corrected chi connectivity index (χ4v) is 2.68. The van der Waals surface area contributed by atoms with Crippen LogP contribution in [-0.2, 0) is 16.0 Å². The average Bonchev–Trinajstić information content (AvgIpc) is 2.56. The Bertz CT molecular complexity index is 607. The molecule has 0 radical (unpaired) electrons. The van der Waals surface area contributed by atoms with Gasteiger partial charge in [-0.15, -0.1) is 0 Å². The Morgan fingerprint density at radius 2 is 1.65 bits per heavy atom. The van der Waals surface area contributed by atoms with E-state index in [0.717, 1.165) is 6.42 Å². The number of hydrogen-bond acceptors (Lipinski definition) is 3. The summed E-state index contributed by atoms with van der Waals surface area (Å²) in [6.07, 6.45) is 1.40. The maximum absolute atomic E-state index is 11.7. The van der Waals surface area contributed by atoms with Crippen LogP contribution in [0.15, 0.2) is 54.6 Å². The molecule has 0 amide bonds. The maximum Gasteiger partial charge on any atom is 0.308 e. The van der Waals surface area contributed by atoms with Gasteiger partial charge in [-0.2, -0.15) is 0 Å². The van der Waals surface area contributed by atoms with Gasteiger partial charge in [0, 0.05) is 6.04 Å². The van der Waals surface area contributed by atoms with Crippen molar-refractivity contribution in [1.82, 2.24) is 0 Å². The molecule has 1 unspecified atom stereocenters. The van der Waals surface area contributed by atoms with Crippen molar-refractivity contribution >= 4 is 5.97 Å². The number of benzene rings is 2. The van der Waals surface area contributed by atoms with Gasteiger partial charge < -0.3 is 10.5 Å². The van der Waals surface area contributed by atoms with Crippen LogP contribution in [0.4, 0.5) is 0 Å². The number of carbonyl (C=O) groups excluding carboxylic acids is 1. The first kappa shape index (κ1) is 17.2. The van der Waals surface area contributed by atoms with Gasteiger partial charge in [-0.1, -0.05) is 61.5 Å². The Morgan fingerprint density at radius 1 is 1.04 bits per heavy atom. The molecule has 0 aromatic heterocycles. The molecule has 2 aromatic rings. The molecule has 2 rings (SSSR count). The van der Waals surface area contributed by atoms with E-state index in [9.17, 15) is 4.79 Å². The molecule has 0 heterocycles. The average molecular weight is 311 g/mol. The lowest BCUT2D eigenvalue weighted by Gasteiger charge is -2.16. The molecule has 0 fully saturated rings. The van der Waals surface area contributed by atoms with Crippen LogP contribution in [0.1, 0.15) is 25.8 Å². The van der Waals surface area contributed by atoms with E-state index >= 15 is 0 Å². The zero-order valence-corrected chi connectivity index (χ0v) is 13.9. The van der Waals surface area contributed by atoms with Crippen LogP contribution in [-0.4, -0.2) is 18.6 Å². The first-order chi connectivity index (χ1) is 11.1. The van der Waals surface area contributed by atoms with E-state index < -0.39 is 0 Å². The largest absolute Gasteiger partial charge is 0.466 e. The smallest absolute Gasteiger partial charge is 0.308 e. The molecule has 3 nitrogen and oxygen atoms in total. The Balaban J connectivity index is 1.92. The second-order valence-electron chi connectivity index (χ2n) is 5.92. The molecule has 0 spiro atoms. The van der Waals surface area contributed by atoms with E-state index in [4.69, 9.17) is 10.5 Å². The molecule has 23 heavy (non-hydrogen) atoms. The van der Waals surface area contributed by atoms with Crippen molar-refractivity contribution in [2.45, 2.75) is 32.7 Å². The topological polar surface area (TPSA) is 52.3 Å². The molecule has 2 aromatic carbocycles. The number of nitrogens with two attached hydrogens (primary N) is 1. The van der Waals surface area contributed by atoms with Gasteiger partial charge in [0.05, 0.1) is 12.5 Å². The van der Waals surface area contributed by atoms with Gasteiger partial charge >= 0.3 is 5.97 Å². The minimum absolute atomic E-state index is 0.0445. The van der Waals surface area contributed by atoms with E-state index in [2.05, 4.69) is 36.4 Å². The third-order valence-corrected chi connectivity index (χ3v) is 3.90. The molecule has 0 aliphatic heterocycles. The van der Waals surface area contributed by atoms with Crippen molar-refractivity contribution in [1.29, 1.82) is 0 Å². The minimum Gasteiger partial charge on any atom is -0.466 e. The highest BCUT2D eigenvalue weighted by molar-refractivity contribution is 5.72. The summed E-state index contributed by atoms with van der Waals surface area (Å²) < 4.78 is 5.02. The monoisotopic (exact) mass is 311 g/mol. The van der Waals surface area contributed by atoms with Gasteiger partial charge in [0.25, 0.3) is 0 Å². The predicted octanol–water partition coefficient (Wildman–Crippen LogP) is 3.81. The second-order valence-corrected chi connectivity index (χ2v) is 5.92. The van der Waals surface area contributed by atoms with Gasteiger partial charge in [0.2, 0.25) is 0 Å². The summed E-state index contributed by atoms with van der Waals surface area (Å²) in [6.45, 7) is 4.11. The van der Waals surface area contributed by atoms with Crippen molar-refractivity contribution in [2.75, 3.05) is 6.61 Å². The van der Waals surface area contributed by atoms with Gasteiger partial charge in [-0.3, -0.25) is 4.79 Å². The Hall–Kier alpha value is -2.13. The Labute approximate surface area is 138 Å². The summed E-state index contributed by atoms with van der Waals surface area (Å²) in [5.41, 5.74) is 9.77. The molecule has 0 bridgehead atoms. The molecular formula is C20H25NO2. The van der Waals surface area contributed by atoms with Crippen molar-refractivity contribution in [3.63, 3.8) is 0 Å². The van der Waals surface area contributed by atoms with Crippen molar-refractivity contribution < 1.29 is 9.53 Å².